The maximum Gasteiger partial charge on any atom is 0.308 e. The first-order valence-electron chi connectivity index (χ1n) is 9.85. The van der Waals surface area contributed by atoms with Crippen LogP contribution in [-0.4, -0.2) is 28.5 Å². The molecule has 0 atom stereocenters. The molecule has 10 heteroatoms. The van der Waals surface area contributed by atoms with Crippen LogP contribution in [0.5, 0.6) is 11.5 Å². The number of aryl methyl sites for hydroxylation is 1. The third kappa shape index (κ3) is 5.29. The molecule has 32 heavy (non-hydrogen) atoms. The summed E-state index contributed by atoms with van der Waals surface area (Å²) in [6.07, 6.45) is 2.95. The fourth-order valence-electron chi connectivity index (χ4n) is 3.02. The third-order valence-corrected chi connectivity index (χ3v) is 7.00. The third-order valence-electron chi connectivity index (χ3n) is 4.36. The van der Waals surface area contributed by atoms with Crippen molar-refractivity contribution in [3.8, 4) is 11.5 Å². The van der Waals surface area contributed by atoms with Gasteiger partial charge in [0.15, 0.2) is 11.5 Å². The first kappa shape index (κ1) is 24.6. The summed E-state index contributed by atoms with van der Waals surface area (Å²) < 4.78 is 14.2. The van der Waals surface area contributed by atoms with E-state index in [2.05, 4.69) is 57.9 Å². The summed E-state index contributed by atoms with van der Waals surface area (Å²) in [5.41, 5.74) is 0.994. The van der Waals surface area contributed by atoms with Crippen LogP contribution in [0.4, 0.5) is 0 Å². The number of hydrogen-bond donors (Lipinski definition) is 0. The predicted octanol–water partition coefficient (Wildman–Crippen LogP) is 5.84. The summed E-state index contributed by atoms with van der Waals surface area (Å²) in [5, 5.41) is 4.92. The molecule has 2 aromatic carbocycles. The number of nitrogens with zero attached hydrogens (tertiary/aromatic N) is 3. The lowest BCUT2D eigenvalue weighted by Crippen LogP contribution is -2.22. The zero-order valence-corrected chi connectivity index (χ0v) is 22.4. The number of halogens is 3. The van der Waals surface area contributed by atoms with E-state index in [-0.39, 0.29) is 11.3 Å². The Labute approximate surface area is 210 Å². The van der Waals surface area contributed by atoms with Crippen molar-refractivity contribution in [2.24, 2.45) is 5.10 Å². The highest BCUT2D eigenvalue weighted by Gasteiger charge is 2.19. The van der Waals surface area contributed by atoms with Crippen LogP contribution in [0.25, 0.3) is 10.9 Å². The van der Waals surface area contributed by atoms with E-state index >= 15 is 0 Å². The summed E-state index contributed by atoms with van der Waals surface area (Å²) in [4.78, 5) is 29.3. The van der Waals surface area contributed by atoms with E-state index in [0.29, 0.717) is 50.0 Å². The molecule has 0 aliphatic carbocycles. The first-order chi connectivity index (χ1) is 15.3. The average Bonchev–Trinajstić information content (AvgIpc) is 2.74. The molecule has 0 saturated heterocycles. The smallest absolute Gasteiger partial charge is 0.308 e. The van der Waals surface area contributed by atoms with Crippen molar-refractivity contribution in [3.63, 3.8) is 0 Å². The van der Waals surface area contributed by atoms with Gasteiger partial charge in [0.1, 0.15) is 5.82 Å². The number of rotatable bonds is 7. The zero-order chi connectivity index (χ0) is 23.4. The van der Waals surface area contributed by atoms with Crippen LogP contribution >= 0.6 is 47.8 Å². The minimum absolute atomic E-state index is 0.257. The molecule has 0 N–H and O–H groups in total. The standard InChI is InChI=1S/C22H20Br3N3O4/c1-4-6-18-27-16-8-7-14(23)10-15(16)22(30)28(18)26-11-13-9-17(31-5-2)21(32-12(3)29)20(25)19(13)24/h7-11H,4-6H2,1-3H3. The van der Waals surface area contributed by atoms with Gasteiger partial charge >= 0.3 is 5.97 Å². The Balaban J connectivity index is 2.16. The molecule has 1 heterocycles. The van der Waals surface area contributed by atoms with E-state index in [1.54, 1.807) is 18.3 Å². The number of carbonyl (C=O) groups is 1. The lowest BCUT2D eigenvalue weighted by molar-refractivity contribution is -0.132. The van der Waals surface area contributed by atoms with Gasteiger partial charge in [-0.1, -0.05) is 22.9 Å². The van der Waals surface area contributed by atoms with Gasteiger partial charge in [0, 0.05) is 27.9 Å². The summed E-state index contributed by atoms with van der Waals surface area (Å²) in [6, 6.07) is 7.09. The monoisotopic (exact) mass is 627 g/mol. The van der Waals surface area contributed by atoms with E-state index in [9.17, 15) is 9.59 Å². The highest BCUT2D eigenvalue weighted by atomic mass is 79.9. The van der Waals surface area contributed by atoms with Gasteiger partial charge in [0.2, 0.25) is 0 Å². The summed E-state index contributed by atoms with van der Waals surface area (Å²) in [7, 11) is 0. The molecule has 3 rings (SSSR count). The highest BCUT2D eigenvalue weighted by molar-refractivity contribution is 9.13. The van der Waals surface area contributed by atoms with Crippen LogP contribution < -0.4 is 15.0 Å². The van der Waals surface area contributed by atoms with Gasteiger partial charge in [-0.15, -0.1) is 0 Å². The van der Waals surface area contributed by atoms with Crippen molar-refractivity contribution in [2.45, 2.75) is 33.6 Å². The molecule has 168 valence electrons. The zero-order valence-electron chi connectivity index (χ0n) is 17.6. The molecule has 0 aliphatic rings. The van der Waals surface area contributed by atoms with Gasteiger partial charge in [-0.3, -0.25) is 9.59 Å². The Morgan fingerprint density at radius 2 is 1.94 bits per heavy atom. The lowest BCUT2D eigenvalue weighted by atomic mass is 10.2. The normalized spacial score (nSPS) is 11.3. The highest BCUT2D eigenvalue weighted by Crippen LogP contribution is 2.42. The number of hydrogen-bond acceptors (Lipinski definition) is 6. The van der Waals surface area contributed by atoms with Crippen LogP contribution in [0.3, 0.4) is 0 Å². The summed E-state index contributed by atoms with van der Waals surface area (Å²) in [6.45, 7) is 5.54. The average molecular weight is 630 g/mol. The quantitative estimate of drug-likeness (QED) is 0.186. The molecule has 1 aromatic heterocycles. The number of carbonyl (C=O) groups excluding carboxylic acids is 1. The topological polar surface area (TPSA) is 82.8 Å². The van der Waals surface area contributed by atoms with Crippen LogP contribution in [0, 0.1) is 0 Å². The van der Waals surface area contributed by atoms with Gasteiger partial charge in [-0.25, -0.2) is 4.98 Å². The van der Waals surface area contributed by atoms with Crippen molar-refractivity contribution in [3.05, 3.63) is 59.4 Å². The second-order valence-electron chi connectivity index (χ2n) is 6.75. The number of fused-ring (bicyclic) bond motifs is 1. The maximum atomic E-state index is 13.2. The SMILES string of the molecule is CCCc1nc2ccc(Br)cc2c(=O)n1N=Cc1cc(OCC)c(OC(C)=O)c(Br)c1Br. The molecule has 0 bridgehead atoms. The number of benzene rings is 2. The molecule has 3 aromatic rings. The fraction of sp³-hybridized carbons (Fsp3) is 0.273. The predicted molar refractivity (Wildman–Crippen MR) is 135 cm³/mol. The molecule has 7 nitrogen and oxygen atoms in total. The van der Waals surface area contributed by atoms with Gasteiger partial charge in [0.05, 0.1) is 28.2 Å². The van der Waals surface area contributed by atoms with Crippen molar-refractivity contribution >= 4 is 70.9 Å². The van der Waals surface area contributed by atoms with Crippen LogP contribution in [-0.2, 0) is 11.2 Å². The molecular weight excluding hydrogens is 610 g/mol. The summed E-state index contributed by atoms with van der Waals surface area (Å²) in [5.74, 6) is 0.745. The first-order valence-corrected chi connectivity index (χ1v) is 12.2. The minimum Gasteiger partial charge on any atom is -0.490 e. The molecule has 0 radical (unpaired) electrons. The van der Waals surface area contributed by atoms with Crippen molar-refractivity contribution in [1.29, 1.82) is 0 Å². The lowest BCUT2D eigenvalue weighted by Gasteiger charge is -2.14. The Bertz CT molecular complexity index is 1270. The Morgan fingerprint density at radius 1 is 1.19 bits per heavy atom. The van der Waals surface area contributed by atoms with E-state index in [0.717, 1.165) is 10.9 Å². The minimum atomic E-state index is -0.468. The fourth-order valence-corrected chi connectivity index (χ4v) is 4.28. The molecule has 0 amide bonds. The second kappa shape index (κ2) is 10.7. The van der Waals surface area contributed by atoms with Crippen molar-refractivity contribution < 1.29 is 14.3 Å². The van der Waals surface area contributed by atoms with E-state index in [1.165, 1.54) is 11.6 Å². The van der Waals surface area contributed by atoms with E-state index in [1.807, 2.05) is 26.0 Å². The van der Waals surface area contributed by atoms with Crippen molar-refractivity contribution in [2.75, 3.05) is 6.61 Å². The van der Waals surface area contributed by atoms with Gasteiger partial charge in [0.25, 0.3) is 5.56 Å². The second-order valence-corrected chi connectivity index (χ2v) is 9.25. The van der Waals surface area contributed by atoms with Crippen LogP contribution in [0.15, 0.2) is 47.6 Å². The van der Waals surface area contributed by atoms with Gasteiger partial charge < -0.3 is 9.47 Å². The van der Waals surface area contributed by atoms with Gasteiger partial charge in [-0.05, 0) is 69.5 Å². The Morgan fingerprint density at radius 3 is 2.59 bits per heavy atom. The van der Waals surface area contributed by atoms with Crippen molar-refractivity contribution in [1.82, 2.24) is 9.66 Å². The Hall–Kier alpha value is -2.04. The molecule has 0 unspecified atom stereocenters. The molecule has 0 spiro atoms. The maximum absolute atomic E-state index is 13.2. The summed E-state index contributed by atoms with van der Waals surface area (Å²) >= 11 is 10.4. The Kier molecular flexibility index (Phi) is 8.24. The molecular formula is C22H20Br3N3O4. The van der Waals surface area contributed by atoms with Crippen LogP contribution in [0.1, 0.15) is 38.6 Å². The van der Waals surface area contributed by atoms with E-state index in [4.69, 9.17) is 9.47 Å². The molecule has 0 aliphatic heterocycles. The molecule has 0 fully saturated rings. The van der Waals surface area contributed by atoms with Crippen LogP contribution in [0.2, 0.25) is 0 Å². The van der Waals surface area contributed by atoms with E-state index < -0.39 is 5.97 Å². The largest absolute Gasteiger partial charge is 0.490 e. The number of esters is 1. The molecule has 0 saturated carbocycles. The number of ether oxygens (including phenoxy) is 2. The van der Waals surface area contributed by atoms with Gasteiger partial charge in [-0.2, -0.15) is 9.78 Å². The number of aromatic nitrogens is 2.